The highest BCUT2D eigenvalue weighted by atomic mass is 16.3. The van der Waals surface area contributed by atoms with Gasteiger partial charge in [0.1, 0.15) is 17.0 Å². The molecule has 0 N–H and O–H groups in total. The van der Waals surface area contributed by atoms with Gasteiger partial charge in [-0.05, 0) is 90.2 Å². The third kappa shape index (κ3) is 4.80. The van der Waals surface area contributed by atoms with E-state index in [1.807, 2.05) is 12.1 Å². The molecular weight excluding hydrogens is 585 g/mol. The van der Waals surface area contributed by atoms with Crippen LogP contribution in [0.1, 0.15) is 11.1 Å². The normalized spacial score (nSPS) is 11.5. The summed E-state index contributed by atoms with van der Waals surface area (Å²) in [6, 6.07) is 56.1. The van der Waals surface area contributed by atoms with Gasteiger partial charge in [-0.3, -0.25) is 4.57 Å². The molecule has 0 amide bonds. The molecule has 0 aliphatic carbocycles. The minimum atomic E-state index is 0.886. The van der Waals surface area contributed by atoms with Crippen LogP contribution in [0.15, 0.2) is 162 Å². The third-order valence-corrected chi connectivity index (χ3v) is 9.37. The van der Waals surface area contributed by atoms with E-state index in [-0.39, 0.29) is 0 Å². The molecule has 2 aromatic heterocycles. The van der Waals surface area contributed by atoms with Gasteiger partial charge in [-0.1, -0.05) is 120 Å². The van der Waals surface area contributed by atoms with Crippen molar-refractivity contribution in [3.05, 3.63) is 169 Å². The van der Waals surface area contributed by atoms with E-state index in [4.69, 9.17) is 9.40 Å². The van der Waals surface area contributed by atoms with Crippen molar-refractivity contribution in [1.82, 2.24) is 9.55 Å². The Morgan fingerprint density at radius 1 is 0.479 bits per heavy atom. The SMILES string of the molecule is Cc1ccc(-c2ccc3oc4c(-c5ccc(-c6nc7ccccc7n6-c6ccccc6)cc5)cc(-c5ccc(C)cc5)cc4c3c2)cc1. The summed E-state index contributed by atoms with van der Waals surface area (Å²) in [7, 11) is 0. The maximum absolute atomic E-state index is 6.67. The predicted octanol–water partition coefficient (Wildman–Crippen LogP) is 12.2. The van der Waals surface area contributed by atoms with E-state index in [1.54, 1.807) is 0 Å². The molecular formula is C45H32N2O. The molecule has 0 spiro atoms. The zero-order valence-corrected chi connectivity index (χ0v) is 26.8. The van der Waals surface area contributed by atoms with Crippen LogP contribution in [-0.4, -0.2) is 9.55 Å². The minimum absolute atomic E-state index is 0.886. The Balaban J connectivity index is 1.22. The second-order valence-electron chi connectivity index (χ2n) is 12.6. The highest BCUT2D eigenvalue weighted by Crippen LogP contribution is 2.41. The van der Waals surface area contributed by atoms with E-state index in [0.717, 1.165) is 66.7 Å². The molecule has 0 radical (unpaired) electrons. The van der Waals surface area contributed by atoms with Crippen molar-refractivity contribution in [1.29, 1.82) is 0 Å². The van der Waals surface area contributed by atoms with E-state index >= 15 is 0 Å². The predicted molar refractivity (Wildman–Crippen MR) is 200 cm³/mol. The Morgan fingerprint density at radius 2 is 1.06 bits per heavy atom. The van der Waals surface area contributed by atoms with Crippen LogP contribution in [0.2, 0.25) is 0 Å². The fraction of sp³-hybridized carbons (Fsp3) is 0.0444. The van der Waals surface area contributed by atoms with Gasteiger partial charge >= 0.3 is 0 Å². The number of hydrogen-bond acceptors (Lipinski definition) is 2. The number of rotatable bonds is 5. The van der Waals surface area contributed by atoms with Gasteiger partial charge in [0, 0.05) is 27.6 Å². The molecule has 228 valence electrons. The van der Waals surface area contributed by atoms with Gasteiger partial charge < -0.3 is 4.42 Å². The molecule has 0 aliphatic heterocycles. The highest BCUT2D eigenvalue weighted by Gasteiger charge is 2.18. The van der Waals surface area contributed by atoms with Crippen molar-refractivity contribution in [2.24, 2.45) is 0 Å². The summed E-state index contributed by atoms with van der Waals surface area (Å²) >= 11 is 0. The van der Waals surface area contributed by atoms with Gasteiger partial charge in [0.15, 0.2) is 0 Å². The average Bonchev–Trinajstić information content (AvgIpc) is 3.71. The fourth-order valence-corrected chi connectivity index (χ4v) is 6.79. The fourth-order valence-electron chi connectivity index (χ4n) is 6.79. The first-order valence-electron chi connectivity index (χ1n) is 16.4. The Hall–Kier alpha value is -6.19. The Bertz CT molecular complexity index is 2590. The molecule has 9 aromatic rings. The number of aryl methyl sites for hydroxylation is 2. The molecule has 0 aliphatic rings. The standard InChI is InChI=1S/C45H32N2O/c1-29-12-16-31(17-13-29)35-24-25-43-39(26-35)40-28-36(32-18-14-30(2)15-19-32)27-38(44(40)48-43)33-20-22-34(23-21-33)45-46-41-10-6-7-11-42(41)47(45)37-8-4-3-5-9-37/h3-28H,1-2H3. The van der Waals surface area contributed by atoms with E-state index < -0.39 is 0 Å². The topological polar surface area (TPSA) is 31.0 Å². The molecule has 0 unspecified atom stereocenters. The molecule has 0 fully saturated rings. The number of fused-ring (bicyclic) bond motifs is 4. The Labute approximate surface area is 279 Å². The number of para-hydroxylation sites is 3. The quantitative estimate of drug-likeness (QED) is 0.193. The third-order valence-electron chi connectivity index (χ3n) is 9.37. The molecule has 0 atom stereocenters. The number of hydrogen-bond donors (Lipinski definition) is 0. The minimum Gasteiger partial charge on any atom is -0.455 e. The molecule has 0 saturated heterocycles. The van der Waals surface area contributed by atoms with Crippen molar-refractivity contribution in [3.63, 3.8) is 0 Å². The molecule has 2 heterocycles. The lowest BCUT2D eigenvalue weighted by molar-refractivity contribution is 0.670. The van der Waals surface area contributed by atoms with Crippen LogP contribution in [0.5, 0.6) is 0 Å². The summed E-state index contributed by atoms with van der Waals surface area (Å²) in [6.07, 6.45) is 0. The van der Waals surface area contributed by atoms with E-state index in [0.29, 0.717) is 0 Å². The van der Waals surface area contributed by atoms with Gasteiger partial charge in [-0.25, -0.2) is 4.98 Å². The number of aromatic nitrogens is 2. The first-order valence-corrected chi connectivity index (χ1v) is 16.4. The zero-order valence-electron chi connectivity index (χ0n) is 26.8. The van der Waals surface area contributed by atoms with Crippen LogP contribution < -0.4 is 0 Å². The Morgan fingerprint density at radius 3 is 1.79 bits per heavy atom. The smallest absolute Gasteiger partial charge is 0.145 e. The molecule has 0 saturated carbocycles. The van der Waals surface area contributed by atoms with Crippen molar-refractivity contribution in [3.8, 4) is 50.5 Å². The van der Waals surface area contributed by atoms with Crippen LogP contribution in [0.4, 0.5) is 0 Å². The maximum atomic E-state index is 6.67. The summed E-state index contributed by atoms with van der Waals surface area (Å²) in [6.45, 7) is 4.25. The summed E-state index contributed by atoms with van der Waals surface area (Å²) in [4.78, 5) is 5.08. The van der Waals surface area contributed by atoms with Crippen LogP contribution in [0.25, 0.3) is 83.4 Å². The summed E-state index contributed by atoms with van der Waals surface area (Å²) < 4.78 is 8.91. The van der Waals surface area contributed by atoms with Crippen molar-refractivity contribution < 1.29 is 4.42 Å². The first-order chi connectivity index (χ1) is 23.6. The van der Waals surface area contributed by atoms with E-state index in [2.05, 4.69) is 164 Å². The monoisotopic (exact) mass is 616 g/mol. The second-order valence-corrected chi connectivity index (χ2v) is 12.6. The molecule has 3 heteroatoms. The summed E-state index contributed by atoms with van der Waals surface area (Å²) in [5, 5.41) is 2.23. The molecule has 9 rings (SSSR count). The molecule has 48 heavy (non-hydrogen) atoms. The summed E-state index contributed by atoms with van der Waals surface area (Å²) in [5.74, 6) is 0.917. The first kappa shape index (κ1) is 28.1. The number of imidazole rings is 1. The maximum Gasteiger partial charge on any atom is 0.145 e. The van der Waals surface area contributed by atoms with Crippen molar-refractivity contribution in [2.75, 3.05) is 0 Å². The Kier molecular flexibility index (Phi) is 6.58. The van der Waals surface area contributed by atoms with Crippen LogP contribution >= 0.6 is 0 Å². The number of nitrogens with zero attached hydrogens (tertiary/aromatic N) is 2. The van der Waals surface area contributed by atoms with Crippen molar-refractivity contribution >= 4 is 33.0 Å². The van der Waals surface area contributed by atoms with Crippen LogP contribution in [-0.2, 0) is 0 Å². The summed E-state index contributed by atoms with van der Waals surface area (Å²) in [5.41, 5.74) is 15.4. The van der Waals surface area contributed by atoms with Crippen LogP contribution in [0.3, 0.4) is 0 Å². The van der Waals surface area contributed by atoms with Gasteiger partial charge in [0.2, 0.25) is 0 Å². The zero-order chi connectivity index (χ0) is 32.2. The lowest BCUT2D eigenvalue weighted by atomic mass is 9.94. The average molecular weight is 617 g/mol. The number of furan rings is 1. The molecule has 0 bridgehead atoms. The van der Waals surface area contributed by atoms with Crippen LogP contribution in [0, 0.1) is 13.8 Å². The van der Waals surface area contributed by atoms with Crippen molar-refractivity contribution in [2.45, 2.75) is 13.8 Å². The van der Waals surface area contributed by atoms with Gasteiger partial charge in [-0.2, -0.15) is 0 Å². The van der Waals surface area contributed by atoms with E-state index in [1.165, 1.54) is 27.8 Å². The molecule has 7 aromatic carbocycles. The number of benzene rings is 7. The van der Waals surface area contributed by atoms with E-state index in [9.17, 15) is 0 Å². The second kappa shape index (κ2) is 11.3. The highest BCUT2D eigenvalue weighted by molar-refractivity contribution is 6.12. The van der Waals surface area contributed by atoms with Gasteiger partial charge in [0.05, 0.1) is 11.0 Å². The lowest BCUT2D eigenvalue weighted by Gasteiger charge is -2.11. The molecule has 3 nitrogen and oxygen atoms in total. The lowest BCUT2D eigenvalue weighted by Crippen LogP contribution is -1.97. The van der Waals surface area contributed by atoms with Gasteiger partial charge in [-0.15, -0.1) is 0 Å². The largest absolute Gasteiger partial charge is 0.455 e. The van der Waals surface area contributed by atoms with Gasteiger partial charge in [0.25, 0.3) is 0 Å².